The third-order valence-corrected chi connectivity index (χ3v) is 4.35. The van der Waals surface area contributed by atoms with Crippen LogP contribution in [0.2, 0.25) is 0 Å². The zero-order valence-electron chi connectivity index (χ0n) is 14.4. The Labute approximate surface area is 148 Å². The fourth-order valence-electron chi connectivity index (χ4n) is 2.98. The van der Waals surface area contributed by atoms with Crippen molar-refractivity contribution in [2.45, 2.75) is 19.3 Å². The van der Waals surface area contributed by atoms with Gasteiger partial charge in [-0.25, -0.2) is 5.43 Å². The standard InChI is InChI=1S/C20H23N3O2/c1-25-19-8-4-3-7-18(19)20(24)22-21-15-16-9-11-17(12-10-16)23-13-5-2-6-14-23/h3-4,7-12,15H,2,5-6,13-14H2,1H3,(H,22,24)/b21-15-. The first kappa shape index (κ1) is 17.0. The minimum absolute atomic E-state index is 0.293. The molecular formula is C20H23N3O2. The average Bonchev–Trinajstić information content (AvgIpc) is 2.69. The van der Waals surface area contributed by atoms with Gasteiger partial charge in [-0.2, -0.15) is 5.10 Å². The van der Waals surface area contributed by atoms with Gasteiger partial charge in [0.05, 0.1) is 18.9 Å². The fraction of sp³-hybridized carbons (Fsp3) is 0.300. The van der Waals surface area contributed by atoms with E-state index < -0.39 is 0 Å². The average molecular weight is 337 g/mol. The number of hydrogen-bond acceptors (Lipinski definition) is 4. The molecule has 1 fully saturated rings. The molecule has 1 heterocycles. The lowest BCUT2D eigenvalue weighted by molar-refractivity contribution is 0.0952. The Kier molecular flexibility index (Phi) is 5.67. The van der Waals surface area contributed by atoms with Gasteiger partial charge in [0.25, 0.3) is 5.91 Å². The summed E-state index contributed by atoms with van der Waals surface area (Å²) in [5.41, 5.74) is 5.19. The Balaban J connectivity index is 1.59. The molecule has 1 aliphatic rings. The molecule has 0 spiro atoms. The van der Waals surface area contributed by atoms with Crippen molar-refractivity contribution in [1.29, 1.82) is 0 Å². The topological polar surface area (TPSA) is 53.9 Å². The quantitative estimate of drug-likeness (QED) is 0.671. The smallest absolute Gasteiger partial charge is 0.275 e. The van der Waals surface area contributed by atoms with E-state index in [1.54, 1.807) is 31.5 Å². The van der Waals surface area contributed by atoms with Crippen molar-refractivity contribution in [3.05, 3.63) is 59.7 Å². The number of ether oxygens (including phenoxy) is 1. The first-order valence-corrected chi connectivity index (χ1v) is 8.59. The van der Waals surface area contributed by atoms with E-state index in [2.05, 4.69) is 27.6 Å². The number of benzene rings is 2. The van der Waals surface area contributed by atoms with Crippen molar-refractivity contribution in [1.82, 2.24) is 5.43 Å². The minimum atomic E-state index is -0.293. The summed E-state index contributed by atoms with van der Waals surface area (Å²) in [6.45, 7) is 2.25. The van der Waals surface area contributed by atoms with E-state index in [1.807, 2.05) is 18.2 Å². The van der Waals surface area contributed by atoms with Gasteiger partial charge in [-0.05, 0) is 49.1 Å². The van der Waals surface area contributed by atoms with Gasteiger partial charge in [0.2, 0.25) is 0 Å². The van der Waals surface area contributed by atoms with Crippen LogP contribution in [0.1, 0.15) is 35.2 Å². The van der Waals surface area contributed by atoms with Crippen LogP contribution in [0, 0.1) is 0 Å². The molecule has 1 N–H and O–H groups in total. The number of piperidine rings is 1. The van der Waals surface area contributed by atoms with Crippen molar-refractivity contribution < 1.29 is 9.53 Å². The van der Waals surface area contributed by atoms with Crippen LogP contribution >= 0.6 is 0 Å². The molecule has 0 radical (unpaired) electrons. The van der Waals surface area contributed by atoms with E-state index in [1.165, 1.54) is 24.9 Å². The van der Waals surface area contributed by atoms with Gasteiger partial charge < -0.3 is 9.64 Å². The van der Waals surface area contributed by atoms with Gasteiger partial charge in [-0.3, -0.25) is 4.79 Å². The normalized spacial score (nSPS) is 14.5. The Hall–Kier alpha value is -2.82. The van der Waals surface area contributed by atoms with E-state index in [4.69, 9.17) is 4.74 Å². The van der Waals surface area contributed by atoms with Crippen LogP contribution in [0.25, 0.3) is 0 Å². The van der Waals surface area contributed by atoms with E-state index in [0.29, 0.717) is 11.3 Å². The molecular weight excluding hydrogens is 314 g/mol. The highest BCUT2D eigenvalue weighted by atomic mass is 16.5. The number of nitrogens with one attached hydrogen (secondary N) is 1. The number of hydrazone groups is 1. The maximum Gasteiger partial charge on any atom is 0.275 e. The lowest BCUT2D eigenvalue weighted by atomic mass is 10.1. The highest BCUT2D eigenvalue weighted by Gasteiger charge is 2.11. The molecule has 2 aromatic carbocycles. The molecule has 1 aliphatic heterocycles. The van der Waals surface area contributed by atoms with E-state index in [9.17, 15) is 4.79 Å². The molecule has 0 atom stereocenters. The fourth-order valence-corrected chi connectivity index (χ4v) is 2.98. The highest BCUT2D eigenvalue weighted by Crippen LogP contribution is 2.20. The first-order valence-electron chi connectivity index (χ1n) is 8.59. The highest BCUT2D eigenvalue weighted by molar-refractivity contribution is 5.97. The first-order chi connectivity index (χ1) is 12.3. The van der Waals surface area contributed by atoms with E-state index >= 15 is 0 Å². The SMILES string of the molecule is COc1ccccc1C(=O)N/N=C\c1ccc(N2CCCCC2)cc1. The largest absolute Gasteiger partial charge is 0.496 e. The number of methoxy groups -OCH3 is 1. The molecule has 1 amide bonds. The van der Waals surface area contributed by atoms with E-state index in [-0.39, 0.29) is 5.91 Å². The molecule has 2 aromatic rings. The molecule has 0 aliphatic carbocycles. The van der Waals surface area contributed by atoms with Crippen molar-refractivity contribution >= 4 is 17.8 Å². The minimum Gasteiger partial charge on any atom is -0.496 e. The summed E-state index contributed by atoms with van der Waals surface area (Å²) in [5.74, 6) is 0.236. The van der Waals surface area contributed by atoms with Crippen LogP contribution in [0.5, 0.6) is 5.75 Å². The predicted molar refractivity (Wildman–Crippen MR) is 101 cm³/mol. The predicted octanol–water partition coefficient (Wildman–Crippen LogP) is 3.45. The van der Waals surface area contributed by atoms with Crippen LogP contribution in [-0.2, 0) is 0 Å². The molecule has 1 saturated heterocycles. The summed E-state index contributed by atoms with van der Waals surface area (Å²) in [7, 11) is 1.54. The maximum absolute atomic E-state index is 12.2. The number of nitrogens with zero attached hydrogens (tertiary/aromatic N) is 2. The zero-order valence-corrected chi connectivity index (χ0v) is 14.4. The lowest BCUT2D eigenvalue weighted by Crippen LogP contribution is -2.29. The third-order valence-electron chi connectivity index (χ3n) is 4.35. The second kappa shape index (κ2) is 8.33. The van der Waals surface area contributed by atoms with Crippen molar-refractivity contribution in [3.63, 3.8) is 0 Å². The van der Waals surface area contributed by atoms with Gasteiger partial charge in [-0.15, -0.1) is 0 Å². The number of para-hydroxylation sites is 1. The second-order valence-corrected chi connectivity index (χ2v) is 6.04. The van der Waals surface area contributed by atoms with Crippen LogP contribution in [0.3, 0.4) is 0 Å². The monoisotopic (exact) mass is 337 g/mol. The summed E-state index contributed by atoms with van der Waals surface area (Å²) in [6, 6.07) is 15.3. The Morgan fingerprint density at radius 2 is 1.80 bits per heavy atom. The van der Waals surface area contributed by atoms with Gasteiger partial charge in [0.15, 0.2) is 0 Å². The maximum atomic E-state index is 12.2. The summed E-state index contributed by atoms with van der Waals surface area (Å²) in [4.78, 5) is 14.6. The van der Waals surface area contributed by atoms with Crippen LogP contribution in [0.15, 0.2) is 53.6 Å². The molecule has 0 bridgehead atoms. The number of amides is 1. The molecule has 5 nitrogen and oxygen atoms in total. The Morgan fingerprint density at radius 1 is 1.08 bits per heavy atom. The molecule has 3 rings (SSSR count). The summed E-state index contributed by atoms with van der Waals surface area (Å²) < 4.78 is 5.18. The molecule has 0 saturated carbocycles. The molecule has 0 aromatic heterocycles. The summed E-state index contributed by atoms with van der Waals surface area (Å²) in [5, 5.41) is 4.04. The summed E-state index contributed by atoms with van der Waals surface area (Å²) >= 11 is 0. The van der Waals surface area contributed by atoms with Crippen LogP contribution < -0.4 is 15.1 Å². The van der Waals surface area contributed by atoms with Gasteiger partial charge in [0.1, 0.15) is 5.75 Å². The summed E-state index contributed by atoms with van der Waals surface area (Å²) in [6.07, 6.45) is 5.50. The van der Waals surface area contributed by atoms with Crippen molar-refractivity contribution in [2.75, 3.05) is 25.1 Å². The van der Waals surface area contributed by atoms with Crippen molar-refractivity contribution in [3.8, 4) is 5.75 Å². The van der Waals surface area contributed by atoms with Gasteiger partial charge >= 0.3 is 0 Å². The zero-order chi connectivity index (χ0) is 17.5. The van der Waals surface area contributed by atoms with Crippen LogP contribution in [0.4, 0.5) is 5.69 Å². The van der Waals surface area contributed by atoms with Gasteiger partial charge in [0, 0.05) is 18.8 Å². The number of anilines is 1. The second-order valence-electron chi connectivity index (χ2n) is 6.04. The molecule has 0 unspecified atom stereocenters. The number of carbonyl (C=O) groups excluding carboxylic acids is 1. The number of hydrogen-bond donors (Lipinski definition) is 1. The Morgan fingerprint density at radius 3 is 2.52 bits per heavy atom. The molecule has 5 heteroatoms. The number of rotatable bonds is 5. The lowest BCUT2D eigenvalue weighted by Gasteiger charge is -2.28. The Bertz CT molecular complexity index is 735. The van der Waals surface area contributed by atoms with E-state index in [0.717, 1.165) is 18.7 Å². The van der Waals surface area contributed by atoms with Gasteiger partial charge in [-0.1, -0.05) is 24.3 Å². The number of carbonyl (C=O) groups is 1. The van der Waals surface area contributed by atoms with Crippen LogP contribution in [-0.4, -0.2) is 32.3 Å². The molecule has 130 valence electrons. The molecule has 25 heavy (non-hydrogen) atoms. The van der Waals surface area contributed by atoms with Crippen molar-refractivity contribution in [2.24, 2.45) is 5.10 Å². The third kappa shape index (κ3) is 4.38.